The first-order chi connectivity index (χ1) is 8.68. The van der Waals surface area contributed by atoms with Crippen LogP contribution in [0, 0.1) is 10.1 Å². The molecule has 1 aliphatic heterocycles. The average Bonchev–Trinajstić information content (AvgIpc) is 2.84. The van der Waals surface area contributed by atoms with E-state index in [2.05, 4.69) is 25.9 Å². The monoisotopic (exact) mass is 345 g/mol. The first-order valence-electron chi connectivity index (χ1n) is 5.63. The van der Waals surface area contributed by atoms with Gasteiger partial charge in [0.15, 0.2) is 0 Å². The third-order valence-corrected chi connectivity index (χ3v) is 3.37. The van der Waals surface area contributed by atoms with Crippen molar-refractivity contribution in [2.24, 2.45) is 9.98 Å². The molecule has 0 aromatic heterocycles. The lowest BCUT2D eigenvalue weighted by Crippen LogP contribution is -2.00. The van der Waals surface area contributed by atoms with Gasteiger partial charge in [0, 0.05) is 29.0 Å². The van der Waals surface area contributed by atoms with Crippen LogP contribution >= 0.6 is 28.3 Å². The number of nitro benzene ring substituents is 1. The van der Waals surface area contributed by atoms with Gasteiger partial charge in [-0.2, -0.15) is 0 Å². The Morgan fingerprint density at radius 3 is 2.95 bits per heavy atom. The fourth-order valence-corrected chi connectivity index (χ4v) is 2.24. The first-order valence-corrected chi connectivity index (χ1v) is 6.42. The van der Waals surface area contributed by atoms with Crippen LogP contribution in [0.3, 0.4) is 0 Å². The number of hydrogen-bond acceptors (Lipinski definition) is 4. The number of hydrogen-bond donors (Lipinski definition) is 0. The van der Waals surface area contributed by atoms with Crippen molar-refractivity contribution in [3.05, 3.63) is 38.3 Å². The quantitative estimate of drug-likeness (QED) is 0.476. The highest BCUT2D eigenvalue weighted by atomic mass is 79.9. The normalized spacial score (nSPS) is 14.3. The molecule has 1 aromatic rings. The van der Waals surface area contributed by atoms with Crippen LogP contribution in [0.4, 0.5) is 5.69 Å². The van der Waals surface area contributed by atoms with Gasteiger partial charge in [-0.1, -0.05) is 6.07 Å². The van der Waals surface area contributed by atoms with Crippen molar-refractivity contribution in [2.75, 3.05) is 13.1 Å². The zero-order chi connectivity index (χ0) is 13.0. The number of rotatable bonds is 4. The molecule has 5 nitrogen and oxygen atoms in total. The molecule has 102 valence electrons. The molecule has 0 atom stereocenters. The highest BCUT2D eigenvalue weighted by Crippen LogP contribution is 2.24. The maximum absolute atomic E-state index is 10.9. The predicted molar refractivity (Wildman–Crippen MR) is 82.0 cm³/mol. The molecule has 0 saturated heterocycles. The van der Waals surface area contributed by atoms with Gasteiger partial charge < -0.3 is 0 Å². The van der Waals surface area contributed by atoms with Crippen LogP contribution in [-0.4, -0.2) is 29.9 Å². The van der Waals surface area contributed by atoms with Gasteiger partial charge in [0.05, 0.1) is 17.0 Å². The molecule has 0 radical (unpaired) electrons. The van der Waals surface area contributed by atoms with E-state index in [4.69, 9.17) is 0 Å². The predicted octanol–water partition coefficient (Wildman–Crippen LogP) is 3.43. The van der Waals surface area contributed by atoms with Crippen molar-refractivity contribution in [3.8, 4) is 0 Å². The third-order valence-electron chi connectivity index (χ3n) is 2.68. The van der Waals surface area contributed by atoms with E-state index in [9.17, 15) is 10.1 Å². The summed E-state index contributed by atoms with van der Waals surface area (Å²) < 4.78 is 0.675. The summed E-state index contributed by atoms with van der Waals surface area (Å²) in [5.74, 6) is 0. The molecule has 19 heavy (non-hydrogen) atoms. The highest BCUT2D eigenvalue weighted by molar-refractivity contribution is 9.10. The molecule has 7 heteroatoms. The molecule has 0 aliphatic carbocycles. The average molecular weight is 347 g/mol. The van der Waals surface area contributed by atoms with E-state index in [1.807, 2.05) is 0 Å². The van der Waals surface area contributed by atoms with Crippen molar-refractivity contribution >= 4 is 46.0 Å². The Morgan fingerprint density at radius 2 is 2.32 bits per heavy atom. The van der Waals surface area contributed by atoms with Crippen molar-refractivity contribution in [1.82, 2.24) is 0 Å². The van der Waals surface area contributed by atoms with Crippen molar-refractivity contribution in [3.63, 3.8) is 0 Å². The first kappa shape index (κ1) is 15.8. The van der Waals surface area contributed by atoms with Gasteiger partial charge >= 0.3 is 0 Å². The Balaban J connectivity index is 0.00000180. The zero-order valence-electron chi connectivity index (χ0n) is 10.1. The maximum atomic E-state index is 10.9. The van der Waals surface area contributed by atoms with E-state index in [-0.39, 0.29) is 18.1 Å². The zero-order valence-corrected chi connectivity index (χ0v) is 12.5. The second kappa shape index (κ2) is 7.35. The molecule has 1 aromatic carbocycles. The molecule has 1 aliphatic rings. The van der Waals surface area contributed by atoms with E-state index in [0.29, 0.717) is 16.6 Å². The molecule has 0 N–H and O–H groups in total. The lowest BCUT2D eigenvalue weighted by Gasteiger charge is -2.00. The minimum atomic E-state index is -0.404. The Hall–Kier alpha value is -1.27. The lowest BCUT2D eigenvalue weighted by molar-refractivity contribution is -0.385. The van der Waals surface area contributed by atoms with Gasteiger partial charge in [0.2, 0.25) is 0 Å². The fourth-order valence-electron chi connectivity index (χ4n) is 1.78. The van der Waals surface area contributed by atoms with Gasteiger partial charge in [0.1, 0.15) is 0 Å². The molecule has 2 rings (SSSR count). The molecular formula is C12H13BrClN3O2. The number of aliphatic imine (C=N–C) groups is 2. The third kappa shape index (κ3) is 4.11. The highest BCUT2D eigenvalue weighted by Gasteiger charge is 2.14. The van der Waals surface area contributed by atoms with Crippen LogP contribution in [0.1, 0.15) is 18.4 Å². The van der Waals surface area contributed by atoms with Crippen LogP contribution in [0.2, 0.25) is 0 Å². The second-order valence-corrected chi connectivity index (χ2v) is 4.81. The van der Waals surface area contributed by atoms with E-state index in [1.165, 1.54) is 6.07 Å². The molecule has 0 unspecified atom stereocenters. The number of nitrogens with zero attached hydrogens (tertiary/aromatic N) is 3. The largest absolute Gasteiger partial charge is 0.292 e. The summed E-state index contributed by atoms with van der Waals surface area (Å²) in [6.45, 7) is 1.40. The molecule has 1 heterocycles. The van der Waals surface area contributed by atoms with Gasteiger partial charge in [0.25, 0.3) is 5.69 Å². The number of benzene rings is 1. The Morgan fingerprint density at radius 1 is 1.53 bits per heavy atom. The summed E-state index contributed by atoms with van der Waals surface area (Å²) >= 11 is 3.30. The Bertz CT molecular complexity index is 532. The van der Waals surface area contributed by atoms with Crippen molar-refractivity contribution in [1.29, 1.82) is 0 Å². The standard InChI is InChI=1S/C12H12BrN3O2.ClH/c13-11-4-1-5-12(16(17)18)10(11)8-14-7-9-3-2-6-15-9;/h1,4-5,8H,2-3,6-7H2;1H. The number of halogens is 2. The Kier molecular flexibility index (Phi) is 6.11. The van der Waals surface area contributed by atoms with Crippen LogP contribution in [0.5, 0.6) is 0 Å². The summed E-state index contributed by atoms with van der Waals surface area (Å²) in [5.41, 5.74) is 1.63. The second-order valence-electron chi connectivity index (χ2n) is 3.95. The molecule has 0 spiro atoms. The Labute approximate surface area is 125 Å². The van der Waals surface area contributed by atoms with E-state index in [1.54, 1.807) is 18.3 Å². The molecular weight excluding hydrogens is 334 g/mol. The van der Waals surface area contributed by atoms with Gasteiger partial charge in [-0.05, 0) is 34.8 Å². The van der Waals surface area contributed by atoms with Crippen molar-refractivity contribution in [2.45, 2.75) is 12.8 Å². The SMILES string of the molecule is Cl.O=[N+]([O-])c1cccc(Br)c1C=NCC1=NCCC1. The van der Waals surface area contributed by atoms with Crippen LogP contribution in [0.15, 0.2) is 32.7 Å². The summed E-state index contributed by atoms with van der Waals surface area (Å²) in [6, 6.07) is 4.88. The van der Waals surface area contributed by atoms with Crippen LogP contribution in [0.25, 0.3) is 0 Å². The van der Waals surface area contributed by atoms with Crippen LogP contribution in [-0.2, 0) is 0 Å². The van der Waals surface area contributed by atoms with E-state index >= 15 is 0 Å². The molecule has 0 fully saturated rings. The summed E-state index contributed by atoms with van der Waals surface area (Å²) in [6.07, 6.45) is 3.61. The summed E-state index contributed by atoms with van der Waals surface area (Å²) in [5, 5.41) is 10.9. The van der Waals surface area contributed by atoms with Crippen molar-refractivity contribution < 1.29 is 4.92 Å². The minimum Gasteiger partial charge on any atom is -0.292 e. The number of nitro groups is 1. The van der Waals surface area contributed by atoms with Gasteiger partial charge in [-0.3, -0.25) is 20.1 Å². The smallest absolute Gasteiger partial charge is 0.279 e. The van der Waals surface area contributed by atoms with Crippen LogP contribution < -0.4 is 0 Å². The lowest BCUT2D eigenvalue weighted by atomic mass is 10.2. The summed E-state index contributed by atoms with van der Waals surface area (Å²) in [7, 11) is 0. The van der Waals surface area contributed by atoms with Gasteiger partial charge in [-0.25, -0.2) is 0 Å². The topological polar surface area (TPSA) is 67.9 Å². The molecule has 0 amide bonds. The summed E-state index contributed by atoms with van der Waals surface area (Å²) in [4.78, 5) is 19.0. The molecule has 0 bridgehead atoms. The maximum Gasteiger partial charge on any atom is 0.279 e. The van der Waals surface area contributed by atoms with E-state index < -0.39 is 4.92 Å². The molecule has 0 saturated carbocycles. The minimum absolute atomic E-state index is 0. The van der Waals surface area contributed by atoms with Gasteiger partial charge in [-0.15, -0.1) is 12.4 Å². The fraction of sp³-hybridized carbons (Fsp3) is 0.333. The van der Waals surface area contributed by atoms with E-state index in [0.717, 1.165) is 25.1 Å².